The Kier molecular flexibility index (Phi) is 4.16. The van der Waals surface area contributed by atoms with Crippen LogP contribution in [0.3, 0.4) is 0 Å². The number of nitrogens with zero attached hydrogens (tertiary/aromatic N) is 3. The first-order valence-corrected chi connectivity index (χ1v) is 8.83. The van der Waals surface area contributed by atoms with E-state index < -0.39 is 11.6 Å². The largest absolute Gasteiger partial charge is 0.368 e. The maximum absolute atomic E-state index is 14.3. The van der Waals surface area contributed by atoms with Gasteiger partial charge >= 0.3 is 0 Å². The van der Waals surface area contributed by atoms with Crippen LogP contribution in [0.1, 0.15) is 4.88 Å². The molecule has 0 bridgehead atoms. The van der Waals surface area contributed by atoms with Crippen molar-refractivity contribution in [2.75, 3.05) is 31.1 Å². The summed E-state index contributed by atoms with van der Waals surface area (Å²) < 4.78 is 28.2. The third-order valence-electron chi connectivity index (χ3n) is 4.44. The quantitative estimate of drug-likeness (QED) is 0.718. The number of rotatable bonds is 3. The lowest BCUT2D eigenvalue weighted by atomic mass is 10.1. The van der Waals surface area contributed by atoms with E-state index in [0.29, 0.717) is 0 Å². The number of anilines is 1. The van der Waals surface area contributed by atoms with Gasteiger partial charge < -0.3 is 4.90 Å². The molecular formula is C18H17F2N3S. The normalized spacial score (nSPS) is 16.0. The second kappa shape index (κ2) is 6.45. The van der Waals surface area contributed by atoms with Crippen molar-refractivity contribution >= 4 is 27.9 Å². The minimum Gasteiger partial charge on any atom is -0.368 e. The minimum absolute atomic E-state index is 0.105. The molecule has 3 nitrogen and oxygen atoms in total. The lowest BCUT2D eigenvalue weighted by Crippen LogP contribution is -2.46. The Hall–Kier alpha value is -2.05. The van der Waals surface area contributed by atoms with Gasteiger partial charge in [0.15, 0.2) is 0 Å². The summed E-state index contributed by atoms with van der Waals surface area (Å²) >= 11 is 1.76. The second-order valence-electron chi connectivity index (χ2n) is 5.93. The fraction of sp³-hybridized carbons (Fsp3) is 0.278. The molecule has 3 heterocycles. The van der Waals surface area contributed by atoms with E-state index >= 15 is 0 Å². The molecule has 1 aliphatic rings. The highest BCUT2D eigenvalue weighted by Crippen LogP contribution is 2.30. The number of halogens is 2. The average Bonchev–Trinajstić information content (AvgIpc) is 3.12. The summed E-state index contributed by atoms with van der Waals surface area (Å²) in [6, 6.07) is 8.30. The van der Waals surface area contributed by atoms with E-state index in [1.54, 1.807) is 23.6 Å². The van der Waals surface area contributed by atoms with Crippen LogP contribution in [0.15, 0.2) is 41.9 Å². The van der Waals surface area contributed by atoms with Crippen LogP contribution in [0.2, 0.25) is 0 Å². The lowest BCUT2D eigenvalue weighted by Gasteiger charge is -2.36. The third kappa shape index (κ3) is 2.87. The van der Waals surface area contributed by atoms with E-state index in [2.05, 4.69) is 32.3 Å². The number of hydrogen-bond acceptors (Lipinski definition) is 4. The molecule has 0 atom stereocenters. The molecule has 4 rings (SSSR count). The van der Waals surface area contributed by atoms with Gasteiger partial charge in [-0.3, -0.25) is 9.88 Å². The minimum atomic E-state index is -0.482. The first kappa shape index (κ1) is 15.5. The average molecular weight is 345 g/mol. The molecule has 1 aliphatic heterocycles. The lowest BCUT2D eigenvalue weighted by molar-refractivity contribution is 0.252. The molecule has 1 aromatic carbocycles. The molecule has 6 heteroatoms. The zero-order valence-corrected chi connectivity index (χ0v) is 13.9. The van der Waals surface area contributed by atoms with Gasteiger partial charge in [-0.2, -0.15) is 0 Å². The van der Waals surface area contributed by atoms with Crippen LogP contribution in [0.5, 0.6) is 0 Å². The second-order valence-corrected chi connectivity index (χ2v) is 6.96. The van der Waals surface area contributed by atoms with Gasteiger partial charge in [0.25, 0.3) is 0 Å². The Labute approximate surface area is 143 Å². The van der Waals surface area contributed by atoms with Crippen LogP contribution in [0, 0.1) is 11.6 Å². The van der Waals surface area contributed by atoms with E-state index in [9.17, 15) is 8.78 Å². The summed E-state index contributed by atoms with van der Waals surface area (Å²) in [7, 11) is 0. The Bertz CT molecular complexity index is 843. The van der Waals surface area contributed by atoms with Crippen molar-refractivity contribution in [3.05, 3.63) is 58.4 Å². The number of benzene rings is 1. The van der Waals surface area contributed by atoms with Crippen molar-refractivity contribution < 1.29 is 8.78 Å². The first-order chi connectivity index (χ1) is 11.7. The molecule has 3 aromatic rings. The van der Waals surface area contributed by atoms with Gasteiger partial charge in [0.1, 0.15) is 17.2 Å². The van der Waals surface area contributed by atoms with Crippen molar-refractivity contribution in [2.45, 2.75) is 6.54 Å². The molecule has 0 saturated carbocycles. The van der Waals surface area contributed by atoms with Crippen LogP contribution >= 0.6 is 11.3 Å². The summed E-state index contributed by atoms with van der Waals surface area (Å²) in [6.07, 6.45) is 1.55. The molecule has 1 saturated heterocycles. The van der Waals surface area contributed by atoms with Crippen molar-refractivity contribution in [3.63, 3.8) is 0 Å². The van der Waals surface area contributed by atoms with E-state index in [1.165, 1.54) is 10.9 Å². The highest BCUT2D eigenvalue weighted by Gasteiger charge is 2.21. The number of aromatic nitrogens is 1. The number of thiophene rings is 1. The van der Waals surface area contributed by atoms with Crippen LogP contribution < -0.4 is 4.90 Å². The van der Waals surface area contributed by atoms with Crippen molar-refractivity contribution in [1.82, 2.24) is 9.88 Å². The van der Waals surface area contributed by atoms with Crippen LogP contribution in [-0.2, 0) is 6.54 Å². The van der Waals surface area contributed by atoms with E-state index in [-0.39, 0.29) is 10.9 Å². The van der Waals surface area contributed by atoms with Gasteiger partial charge in [-0.1, -0.05) is 6.07 Å². The smallest absolute Gasteiger partial charge is 0.149 e. The summed E-state index contributed by atoms with van der Waals surface area (Å²) in [5.74, 6) is -0.903. The number of piperazine rings is 1. The van der Waals surface area contributed by atoms with Crippen molar-refractivity contribution in [3.8, 4) is 0 Å². The molecule has 0 unspecified atom stereocenters. The number of fused-ring (bicyclic) bond motifs is 1. The zero-order valence-electron chi connectivity index (χ0n) is 13.1. The van der Waals surface area contributed by atoms with E-state index in [4.69, 9.17) is 0 Å². The molecule has 0 N–H and O–H groups in total. The standard InChI is InChI=1S/C18H17F2N3S/c19-14-3-4-15(20)18-17(14)16(5-6-21-18)23-9-7-22(8-10-23)12-13-2-1-11-24-13/h1-6,11H,7-10,12H2. The van der Waals surface area contributed by atoms with Crippen LogP contribution in [0.25, 0.3) is 10.9 Å². The van der Waals surface area contributed by atoms with Gasteiger partial charge in [0.05, 0.1) is 11.1 Å². The summed E-state index contributed by atoms with van der Waals surface area (Å²) in [5.41, 5.74) is 0.835. The molecular weight excluding hydrogens is 328 g/mol. The highest BCUT2D eigenvalue weighted by atomic mass is 32.1. The molecule has 124 valence electrons. The highest BCUT2D eigenvalue weighted by molar-refractivity contribution is 7.09. The predicted molar refractivity (Wildman–Crippen MR) is 93.5 cm³/mol. The summed E-state index contributed by atoms with van der Waals surface area (Å²) in [5, 5.41) is 2.37. The third-order valence-corrected chi connectivity index (χ3v) is 5.30. The Morgan fingerprint density at radius 2 is 1.79 bits per heavy atom. The van der Waals surface area contributed by atoms with Gasteiger partial charge in [-0.05, 0) is 29.6 Å². The van der Waals surface area contributed by atoms with E-state index in [1.807, 2.05) is 0 Å². The zero-order chi connectivity index (χ0) is 16.5. The first-order valence-electron chi connectivity index (χ1n) is 7.95. The van der Waals surface area contributed by atoms with Crippen molar-refractivity contribution in [1.29, 1.82) is 0 Å². The van der Waals surface area contributed by atoms with Crippen LogP contribution in [-0.4, -0.2) is 36.1 Å². The fourth-order valence-corrected chi connectivity index (χ4v) is 3.96. The maximum atomic E-state index is 14.3. The van der Waals surface area contributed by atoms with Gasteiger partial charge in [0, 0.05) is 43.8 Å². The molecule has 1 fully saturated rings. The molecule has 0 amide bonds. The molecule has 0 radical (unpaired) electrons. The molecule has 0 aliphatic carbocycles. The number of hydrogen-bond donors (Lipinski definition) is 0. The van der Waals surface area contributed by atoms with Gasteiger partial charge in [-0.25, -0.2) is 8.78 Å². The fourth-order valence-electron chi connectivity index (χ4n) is 3.21. The molecule has 2 aromatic heterocycles. The Morgan fingerprint density at radius 3 is 2.54 bits per heavy atom. The van der Waals surface area contributed by atoms with Gasteiger partial charge in [0.2, 0.25) is 0 Å². The monoisotopic (exact) mass is 345 g/mol. The summed E-state index contributed by atoms with van der Waals surface area (Å²) in [4.78, 5) is 9.88. The van der Waals surface area contributed by atoms with Crippen molar-refractivity contribution in [2.24, 2.45) is 0 Å². The predicted octanol–water partition coefficient (Wildman–Crippen LogP) is 3.90. The van der Waals surface area contributed by atoms with Crippen LogP contribution in [0.4, 0.5) is 14.5 Å². The van der Waals surface area contributed by atoms with Gasteiger partial charge in [-0.15, -0.1) is 11.3 Å². The topological polar surface area (TPSA) is 19.4 Å². The molecule has 0 spiro atoms. The summed E-state index contributed by atoms with van der Waals surface area (Å²) in [6.45, 7) is 4.34. The molecule has 24 heavy (non-hydrogen) atoms. The van der Waals surface area contributed by atoms with E-state index in [0.717, 1.165) is 44.5 Å². The Morgan fingerprint density at radius 1 is 1.00 bits per heavy atom. The maximum Gasteiger partial charge on any atom is 0.149 e. The SMILES string of the molecule is Fc1ccc(F)c2c(N3CCN(Cc4cccs4)CC3)ccnc12. The Balaban J connectivity index is 1.56. The number of pyridine rings is 1.